The molecular formula is C15H20N2OS. The molecule has 4 heteroatoms. The number of rotatable bonds is 7. The van der Waals surface area contributed by atoms with Crippen LogP contribution in [0.25, 0.3) is 0 Å². The molecule has 0 amide bonds. The summed E-state index contributed by atoms with van der Waals surface area (Å²) >= 11 is 1.59. The molecule has 0 aliphatic rings. The zero-order chi connectivity index (χ0) is 13.5. The summed E-state index contributed by atoms with van der Waals surface area (Å²) in [6.45, 7) is 2.74. The van der Waals surface area contributed by atoms with E-state index in [1.807, 2.05) is 30.1 Å². The van der Waals surface area contributed by atoms with Gasteiger partial charge in [0.05, 0.1) is 11.2 Å². The summed E-state index contributed by atoms with van der Waals surface area (Å²) in [5, 5.41) is 5.26. The van der Waals surface area contributed by atoms with E-state index in [-0.39, 0.29) is 0 Å². The molecule has 3 nitrogen and oxygen atoms in total. The first-order valence-electron chi connectivity index (χ1n) is 6.54. The maximum absolute atomic E-state index is 5.68. The van der Waals surface area contributed by atoms with E-state index in [1.165, 1.54) is 5.56 Å². The lowest BCUT2D eigenvalue weighted by Gasteiger charge is -2.10. The molecule has 1 unspecified atom stereocenters. The first kappa shape index (κ1) is 14.0. The van der Waals surface area contributed by atoms with Gasteiger partial charge in [-0.2, -0.15) is 0 Å². The quantitative estimate of drug-likeness (QED) is 0.843. The molecule has 0 saturated carbocycles. The predicted octanol–water partition coefficient (Wildman–Crippen LogP) is 3.26. The Balaban J connectivity index is 1.81. The third-order valence-corrected chi connectivity index (χ3v) is 3.79. The maximum Gasteiger partial charge on any atom is 0.131 e. The Labute approximate surface area is 118 Å². The van der Waals surface area contributed by atoms with Crippen LogP contribution in [0.15, 0.2) is 35.2 Å². The van der Waals surface area contributed by atoms with Crippen LogP contribution in [0.2, 0.25) is 0 Å². The summed E-state index contributed by atoms with van der Waals surface area (Å²) in [7, 11) is 2.00. The Hall–Kier alpha value is -1.39. The van der Waals surface area contributed by atoms with E-state index in [0.29, 0.717) is 12.6 Å². The molecule has 0 radical (unpaired) electrons. The van der Waals surface area contributed by atoms with Crippen LogP contribution in [0, 0.1) is 0 Å². The lowest BCUT2D eigenvalue weighted by molar-refractivity contribution is 0.302. The number of nitrogens with one attached hydrogen (secondary N) is 1. The zero-order valence-electron chi connectivity index (χ0n) is 11.4. The molecule has 0 saturated heterocycles. The van der Waals surface area contributed by atoms with Crippen molar-refractivity contribution in [1.82, 2.24) is 10.3 Å². The van der Waals surface area contributed by atoms with E-state index in [1.54, 1.807) is 11.3 Å². The van der Waals surface area contributed by atoms with Crippen molar-refractivity contribution in [2.75, 3.05) is 7.05 Å². The molecule has 2 aromatic rings. The largest absolute Gasteiger partial charge is 0.487 e. The second-order valence-electron chi connectivity index (χ2n) is 4.64. The van der Waals surface area contributed by atoms with Crippen molar-refractivity contribution in [2.24, 2.45) is 0 Å². The number of hydrogen-bond acceptors (Lipinski definition) is 4. The van der Waals surface area contributed by atoms with Crippen molar-refractivity contribution < 1.29 is 4.74 Å². The van der Waals surface area contributed by atoms with Gasteiger partial charge in [-0.15, -0.1) is 11.3 Å². The zero-order valence-corrected chi connectivity index (χ0v) is 12.2. The molecular weight excluding hydrogens is 256 g/mol. The van der Waals surface area contributed by atoms with Gasteiger partial charge in [-0.3, -0.25) is 0 Å². The van der Waals surface area contributed by atoms with E-state index >= 15 is 0 Å². The van der Waals surface area contributed by atoms with E-state index < -0.39 is 0 Å². The van der Waals surface area contributed by atoms with Gasteiger partial charge in [0.1, 0.15) is 12.4 Å². The summed E-state index contributed by atoms with van der Waals surface area (Å²) in [6.07, 6.45) is 2.24. The summed E-state index contributed by atoms with van der Waals surface area (Å²) in [4.78, 5) is 4.19. The molecule has 1 atom stereocenters. The number of thiazole rings is 1. The molecule has 0 aliphatic carbocycles. The first-order valence-corrected chi connectivity index (χ1v) is 7.48. The van der Waals surface area contributed by atoms with Crippen LogP contribution in [0.3, 0.4) is 0 Å². The summed E-state index contributed by atoms with van der Waals surface area (Å²) in [5.41, 5.74) is 4.16. The van der Waals surface area contributed by atoms with Crippen LogP contribution < -0.4 is 10.1 Å². The Bertz CT molecular complexity index is 467. The summed E-state index contributed by atoms with van der Waals surface area (Å²) < 4.78 is 5.68. The summed E-state index contributed by atoms with van der Waals surface area (Å²) in [6, 6.07) is 8.90. The van der Waals surface area contributed by atoms with Crippen LogP contribution >= 0.6 is 11.3 Å². The van der Waals surface area contributed by atoms with Gasteiger partial charge in [0, 0.05) is 11.4 Å². The van der Waals surface area contributed by atoms with Gasteiger partial charge >= 0.3 is 0 Å². The fraction of sp³-hybridized carbons (Fsp3) is 0.400. The number of nitrogens with zero attached hydrogens (tertiary/aromatic N) is 1. The molecule has 0 fully saturated rings. The Morgan fingerprint density at radius 3 is 2.74 bits per heavy atom. The standard InChI is InChI=1S/C15H20N2OS/c1-12(16-2)3-4-13-5-7-15(8-6-13)18-9-14-10-19-11-17-14/h5-8,10-12,16H,3-4,9H2,1-2H3. The van der Waals surface area contributed by atoms with E-state index in [9.17, 15) is 0 Å². The SMILES string of the molecule is CNC(C)CCc1ccc(OCc2cscn2)cc1. The predicted molar refractivity (Wildman–Crippen MR) is 79.7 cm³/mol. The average Bonchev–Trinajstić information content (AvgIpc) is 2.97. The monoisotopic (exact) mass is 276 g/mol. The van der Waals surface area contributed by atoms with Gasteiger partial charge in [-0.25, -0.2) is 4.98 Å². The number of aromatic nitrogens is 1. The number of benzene rings is 1. The van der Waals surface area contributed by atoms with Crippen LogP contribution in [0.1, 0.15) is 24.6 Å². The molecule has 1 heterocycles. The normalized spacial score (nSPS) is 12.3. The molecule has 1 aromatic heterocycles. The van der Waals surface area contributed by atoms with Crippen molar-refractivity contribution in [1.29, 1.82) is 0 Å². The van der Waals surface area contributed by atoms with Gasteiger partial charge in [-0.05, 0) is 44.5 Å². The fourth-order valence-electron chi connectivity index (χ4n) is 1.75. The van der Waals surface area contributed by atoms with Crippen molar-refractivity contribution in [3.8, 4) is 5.75 Å². The minimum Gasteiger partial charge on any atom is -0.487 e. The lowest BCUT2D eigenvalue weighted by Crippen LogP contribution is -2.21. The minimum atomic E-state index is 0.541. The van der Waals surface area contributed by atoms with Gasteiger partial charge < -0.3 is 10.1 Å². The fourth-order valence-corrected chi connectivity index (χ4v) is 2.29. The van der Waals surface area contributed by atoms with Crippen molar-refractivity contribution >= 4 is 11.3 Å². The van der Waals surface area contributed by atoms with Gasteiger partial charge in [0.2, 0.25) is 0 Å². The van der Waals surface area contributed by atoms with Crippen LogP contribution in [0.5, 0.6) is 5.75 Å². The van der Waals surface area contributed by atoms with E-state index in [4.69, 9.17) is 4.74 Å². The Morgan fingerprint density at radius 2 is 2.11 bits per heavy atom. The van der Waals surface area contributed by atoms with Crippen LogP contribution in [0.4, 0.5) is 0 Å². The maximum atomic E-state index is 5.68. The van der Waals surface area contributed by atoms with Crippen molar-refractivity contribution in [3.05, 3.63) is 46.4 Å². The number of hydrogen-bond donors (Lipinski definition) is 1. The average molecular weight is 276 g/mol. The summed E-state index contributed by atoms with van der Waals surface area (Å²) in [5.74, 6) is 0.901. The molecule has 19 heavy (non-hydrogen) atoms. The van der Waals surface area contributed by atoms with E-state index in [2.05, 4.69) is 29.4 Å². The highest BCUT2D eigenvalue weighted by molar-refractivity contribution is 7.07. The van der Waals surface area contributed by atoms with Crippen molar-refractivity contribution in [3.63, 3.8) is 0 Å². The topological polar surface area (TPSA) is 34.1 Å². The van der Waals surface area contributed by atoms with Gasteiger partial charge in [0.25, 0.3) is 0 Å². The molecule has 0 bridgehead atoms. The Kier molecular flexibility index (Phi) is 5.36. The van der Waals surface area contributed by atoms with E-state index in [0.717, 1.165) is 24.3 Å². The van der Waals surface area contributed by atoms with Crippen molar-refractivity contribution in [2.45, 2.75) is 32.4 Å². The molecule has 1 N–H and O–H groups in total. The highest BCUT2D eigenvalue weighted by Gasteiger charge is 2.01. The minimum absolute atomic E-state index is 0.541. The second-order valence-corrected chi connectivity index (χ2v) is 5.36. The van der Waals surface area contributed by atoms with Gasteiger partial charge in [-0.1, -0.05) is 12.1 Å². The third-order valence-electron chi connectivity index (χ3n) is 3.15. The van der Waals surface area contributed by atoms with Crippen LogP contribution in [-0.4, -0.2) is 18.1 Å². The first-order chi connectivity index (χ1) is 9.28. The Morgan fingerprint density at radius 1 is 1.32 bits per heavy atom. The van der Waals surface area contributed by atoms with Gasteiger partial charge in [0.15, 0.2) is 0 Å². The molecule has 1 aromatic carbocycles. The number of ether oxygens (including phenoxy) is 1. The molecule has 102 valence electrons. The number of aryl methyl sites for hydroxylation is 1. The highest BCUT2D eigenvalue weighted by Crippen LogP contribution is 2.15. The third kappa shape index (κ3) is 4.65. The lowest BCUT2D eigenvalue weighted by atomic mass is 10.1. The molecule has 0 spiro atoms. The molecule has 0 aliphatic heterocycles. The smallest absolute Gasteiger partial charge is 0.131 e. The second kappa shape index (κ2) is 7.26. The molecule has 2 rings (SSSR count). The van der Waals surface area contributed by atoms with Crippen LogP contribution in [-0.2, 0) is 13.0 Å². The highest BCUT2D eigenvalue weighted by atomic mass is 32.1.